The molecule has 0 aromatic carbocycles. The molecule has 5 nitrogen and oxygen atoms in total. The number of sulfonamides is 1. The molecular weight excluding hydrogens is 276 g/mol. The van der Waals surface area contributed by atoms with Crippen LogP contribution >= 0.6 is 0 Å². The minimum Gasteiger partial charge on any atom is -0.390 e. The van der Waals surface area contributed by atoms with Crippen LogP contribution in [0.4, 0.5) is 0 Å². The molecule has 0 fully saturated rings. The van der Waals surface area contributed by atoms with Crippen LogP contribution in [0.3, 0.4) is 0 Å². The Morgan fingerprint density at radius 3 is 2.45 bits per heavy atom. The quantitative estimate of drug-likeness (QED) is 0.799. The van der Waals surface area contributed by atoms with Gasteiger partial charge in [-0.25, -0.2) is 8.42 Å². The number of aromatic nitrogens is 1. The zero-order chi connectivity index (χ0) is 15.3. The topological polar surface area (TPSA) is 62.5 Å². The number of rotatable bonds is 8. The zero-order valence-corrected chi connectivity index (χ0v) is 13.7. The lowest BCUT2D eigenvalue weighted by molar-refractivity contribution is 0.270. The van der Waals surface area contributed by atoms with Gasteiger partial charge in [0, 0.05) is 31.5 Å². The first-order valence-corrected chi connectivity index (χ1v) is 8.60. The average Bonchev–Trinajstić information content (AvgIpc) is 2.79. The van der Waals surface area contributed by atoms with E-state index in [2.05, 4.69) is 0 Å². The normalized spacial score (nSPS) is 12.6. The Morgan fingerprint density at radius 1 is 1.35 bits per heavy atom. The van der Waals surface area contributed by atoms with Crippen LogP contribution in [-0.4, -0.2) is 35.5 Å². The van der Waals surface area contributed by atoms with E-state index in [1.54, 1.807) is 12.3 Å². The smallest absolute Gasteiger partial charge is 0.244 e. The second-order valence-electron chi connectivity index (χ2n) is 5.37. The molecule has 0 aliphatic rings. The van der Waals surface area contributed by atoms with E-state index in [1.807, 2.05) is 32.3 Å². The minimum absolute atomic E-state index is 0.147. The molecule has 0 aliphatic heterocycles. The van der Waals surface area contributed by atoms with Crippen molar-refractivity contribution in [1.29, 1.82) is 0 Å². The molecule has 1 heterocycles. The van der Waals surface area contributed by atoms with Crippen LogP contribution in [0.2, 0.25) is 0 Å². The van der Waals surface area contributed by atoms with E-state index >= 15 is 0 Å². The van der Waals surface area contributed by atoms with Gasteiger partial charge < -0.3 is 9.67 Å². The van der Waals surface area contributed by atoms with Crippen molar-refractivity contribution in [2.75, 3.05) is 13.1 Å². The molecule has 0 spiro atoms. The number of hydrogen-bond acceptors (Lipinski definition) is 3. The van der Waals surface area contributed by atoms with E-state index in [0.29, 0.717) is 25.3 Å². The van der Waals surface area contributed by atoms with Gasteiger partial charge in [0.05, 0.1) is 6.61 Å². The lowest BCUT2D eigenvalue weighted by Crippen LogP contribution is -2.33. The van der Waals surface area contributed by atoms with Gasteiger partial charge in [-0.15, -0.1) is 0 Å². The maximum absolute atomic E-state index is 12.6. The van der Waals surface area contributed by atoms with Crippen LogP contribution in [0.25, 0.3) is 0 Å². The summed E-state index contributed by atoms with van der Waals surface area (Å²) in [7, 11) is -3.47. The van der Waals surface area contributed by atoms with E-state index in [0.717, 1.165) is 6.42 Å². The predicted molar refractivity (Wildman–Crippen MR) is 79.9 cm³/mol. The van der Waals surface area contributed by atoms with E-state index in [9.17, 15) is 13.5 Å². The van der Waals surface area contributed by atoms with Gasteiger partial charge in [0.15, 0.2) is 0 Å². The molecule has 0 unspecified atom stereocenters. The van der Waals surface area contributed by atoms with E-state index in [1.165, 1.54) is 4.31 Å². The summed E-state index contributed by atoms with van der Waals surface area (Å²) < 4.78 is 28.5. The van der Waals surface area contributed by atoms with Crippen LogP contribution in [0.5, 0.6) is 0 Å². The third kappa shape index (κ3) is 3.84. The number of nitrogens with zero attached hydrogens (tertiary/aromatic N) is 2. The van der Waals surface area contributed by atoms with Gasteiger partial charge in [-0.05, 0) is 18.4 Å². The highest BCUT2D eigenvalue weighted by Gasteiger charge is 2.25. The third-order valence-corrected chi connectivity index (χ3v) is 5.05. The molecular formula is C14H26N2O3S. The lowest BCUT2D eigenvalue weighted by Gasteiger charge is -2.21. The summed E-state index contributed by atoms with van der Waals surface area (Å²) in [6.45, 7) is 9.38. The molecule has 1 aromatic heterocycles. The molecule has 0 bridgehead atoms. The van der Waals surface area contributed by atoms with Crippen molar-refractivity contribution < 1.29 is 13.5 Å². The highest BCUT2D eigenvalue weighted by molar-refractivity contribution is 7.89. The summed E-state index contributed by atoms with van der Waals surface area (Å²) in [5.41, 5.74) is 0.644. The van der Waals surface area contributed by atoms with E-state index < -0.39 is 10.0 Å². The van der Waals surface area contributed by atoms with Crippen LogP contribution < -0.4 is 0 Å². The molecule has 0 saturated heterocycles. The van der Waals surface area contributed by atoms with E-state index in [-0.39, 0.29) is 17.4 Å². The SMILES string of the molecule is CCCn1cc(S(=O)(=O)N(CC)CC(C)C)cc1CO. The Kier molecular flexibility index (Phi) is 6.23. The molecule has 1 N–H and O–H groups in total. The van der Waals surface area contributed by atoms with Crippen LogP contribution in [-0.2, 0) is 23.2 Å². The molecule has 0 saturated carbocycles. The number of aryl methyl sites for hydroxylation is 1. The molecule has 6 heteroatoms. The second-order valence-corrected chi connectivity index (χ2v) is 7.31. The molecule has 20 heavy (non-hydrogen) atoms. The minimum atomic E-state index is -3.47. The molecule has 1 aromatic rings. The van der Waals surface area contributed by atoms with E-state index in [4.69, 9.17) is 0 Å². The maximum atomic E-state index is 12.6. The highest BCUT2D eigenvalue weighted by atomic mass is 32.2. The van der Waals surface area contributed by atoms with Gasteiger partial charge >= 0.3 is 0 Å². The summed E-state index contributed by atoms with van der Waals surface area (Å²) in [6, 6.07) is 1.58. The van der Waals surface area contributed by atoms with Crippen molar-refractivity contribution >= 4 is 10.0 Å². The van der Waals surface area contributed by atoms with Gasteiger partial charge in [-0.1, -0.05) is 27.7 Å². The van der Waals surface area contributed by atoms with Crippen molar-refractivity contribution in [3.63, 3.8) is 0 Å². The predicted octanol–water partition coefficient (Wildman–Crippen LogP) is 2.06. The molecule has 0 radical (unpaired) electrons. The fourth-order valence-corrected chi connectivity index (χ4v) is 3.88. The van der Waals surface area contributed by atoms with Crippen molar-refractivity contribution in [3.8, 4) is 0 Å². The van der Waals surface area contributed by atoms with Gasteiger partial charge in [0.2, 0.25) is 10.0 Å². The summed E-state index contributed by atoms with van der Waals surface area (Å²) in [4.78, 5) is 0.275. The number of aliphatic hydroxyl groups is 1. The monoisotopic (exact) mass is 302 g/mol. The number of hydrogen-bond donors (Lipinski definition) is 1. The van der Waals surface area contributed by atoms with Crippen molar-refractivity contribution in [2.45, 2.75) is 52.2 Å². The molecule has 1 rings (SSSR count). The Hall–Kier alpha value is -0.850. The fraction of sp³-hybridized carbons (Fsp3) is 0.714. The van der Waals surface area contributed by atoms with Gasteiger partial charge in [-0.2, -0.15) is 4.31 Å². The first-order valence-electron chi connectivity index (χ1n) is 7.16. The van der Waals surface area contributed by atoms with Crippen LogP contribution in [0, 0.1) is 5.92 Å². The molecule has 0 amide bonds. The second kappa shape index (κ2) is 7.24. The summed E-state index contributed by atoms with van der Waals surface area (Å²) in [6.07, 6.45) is 2.53. The summed E-state index contributed by atoms with van der Waals surface area (Å²) >= 11 is 0. The lowest BCUT2D eigenvalue weighted by atomic mass is 10.2. The van der Waals surface area contributed by atoms with Crippen molar-refractivity contribution in [1.82, 2.24) is 8.87 Å². The van der Waals surface area contributed by atoms with Gasteiger partial charge in [0.1, 0.15) is 4.90 Å². The van der Waals surface area contributed by atoms with Crippen molar-refractivity contribution in [2.24, 2.45) is 5.92 Å². The summed E-state index contributed by atoms with van der Waals surface area (Å²) in [5.74, 6) is 0.278. The van der Waals surface area contributed by atoms with Crippen LogP contribution in [0.1, 0.15) is 39.8 Å². The largest absolute Gasteiger partial charge is 0.390 e. The molecule has 116 valence electrons. The Balaban J connectivity index is 3.13. The van der Waals surface area contributed by atoms with Gasteiger partial charge in [-0.3, -0.25) is 0 Å². The standard InChI is InChI=1S/C14H26N2O3S/c1-5-7-15-10-14(8-13(15)11-17)20(18,19)16(6-2)9-12(3)4/h8,10,12,17H,5-7,9,11H2,1-4H3. The molecule has 0 atom stereocenters. The fourth-order valence-electron chi connectivity index (χ4n) is 2.20. The summed E-state index contributed by atoms with van der Waals surface area (Å²) in [5, 5.41) is 9.34. The molecule has 0 aliphatic carbocycles. The maximum Gasteiger partial charge on any atom is 0.244 e. The zero-order valence-electron chi connectivity index (χ0n) is 12.8. The van der Waals surface area contributed by atoms with Crippen molar-refractivity contribution in [3.05, 3.63) is 18.0 Å². The van der Waals surface area contributed by atoms with Crippen LogP contribution in [0.15, 0.2) is 17.2 Å². The first kappa shape index (κ1) is 17.2. The third-order valence-electron chi connectivity index (χ3n) is 3.15. The Morgan fingerprint density at radius 2 is 2.00 bits per heavy atom. The Labute approximate surface area is 122 Å². The number of aliphatic hydroxyl groups excluding tert-OH is 1. The average molecular weight is 302 g/mol. The van der Waals surface area contributed by atoms with Gasteiger partial charge in [0.25, 0.3) is 0 Å². The Bertz CT molecular complexity index is 521. The highest BCUT2D eigenvalue weighted by Crippen LogP contribution is 2.20. The first-order chi connectivity index (χ1) is 9.36.